The van der Waals surface area contributed by atoms with Crippen LogP contribution >= 0.6 is 15.9 Å². The number of carbonyl (C=O) groups is 2. The van der Waals surface area contributed by atoms with Gasteiger partial charge in [-0.15, -0.1) is 0 Å². The standard InChI is InChI=1S/C22H17BrF7NO3/c23-15-8-10(4-6-14(15)22(28,29)30)12-2-1-3-13(18(12)20(33)34)19(32)31-17-7-5-11(9-16(17)24)21(25,26)27/h4-9,12-13,18H,1-3H2,(H,31,32)(H,33,34). The Morgan fingerprint density at radius 3 is 2.18 bits per heavy atom. The van der Waals surface area contributed by atoms with Crippen LogP contribution in [0.5, 0.6) is 0 Å². The minimum Gasteiger partial charge on any atom is -0.481 e. The van der Waals surface area contributed by atoms with Crippen LogP contribution in [0.1, 0.15) is 41.9 Å². The number of carbonyl (C=O) groups excluding carboxylic acids is 1. The topological polar surface area (TPSA) is 66.4 Å². The van der Waals surface area contributed by atoms with Crippen molar-refractivity contribution in [1.82, 2.24) is 0 Å². The molecule has 12 heteroatoms. The third kappa shape index (κ3) is 5.53. The van der Waals surface area contributed by atoms with Crippen LogP contribution in [0, 0.1) is 17.7 Å². The van der Waals surface area contributed by atoms with Crippen molar-refractivity contribution in [1.29, 1.82) is 0 Å². The van der Waals surface area contributed by atoms with Crippen molar-refractivity contribution in [3.8, 4) is 0 Å². The summed E-state index contributed by atoms with van der Waals surface area (Å²) in [5, 5.41) is 12.0. The number of rotatable bonds is 4. The van der Waals surface area contributed by atoms with E-state index in [0.717, 1.165) is 18.2 Å². The molecule has 0 heterocycles. The number of halogens is 8. The molecule has 0 aliphatic heterocycles. The summed E-state index contributed by atoms with van der Waals surface area (Å²) in [6.07, 6.45) is -8.66. The van der Waals surface area contributed by atoms with Crippen LogP contribution in [-0.2, 0) is 21.9 Å². The SMILES string of the molecule is O=C(Nc1ccc(C(F)(F)F)cc1F)C1CCCC(c2ccc(C(F)(F)F)c(Br)c2)C1C(=O)O. The van der Waals surface area contributed by atoms with Crippen LogP contribution < -0.4 is 5.32 Å². The number of benzene rings is 2. The number of carboxylic acids is 1. The van der Waals surface area contributed by atoms with Gasteiger partial charge in [-0.25, -0.2) is 4.39 Å². The molecule has 1 aliphatic rings. The summed E-state index contributed by atoms with van der Waals surface area (Å²) < 4.78 is 91.2. The van der Waals surface area contributed by atoms with E-state index in [1.54, 1.807) is 0 Å². The average molecular weight is 556 g/mol. The van der Waals surface area contributed by atoms with E-state index in [2.05, 4.69) is 21.2 Å². The zero-order chi connectivity index (χ0) is 25.4. The smallest absolute Gasteiger partial charge is 0.417 e. The molecular weight excluding hydrogens is 539 g/mol. The number of carboxylic acid groups (broad SMARTS) is 1. The lowest BCUT2D eigenvalue weighted by Crippen LogP contribution is -2.40. The molecule has 1 fully saturated rings. The lowest BCUT2D eigenvalue weighted by Gasteiger charge is -2.35. The van der Waals surface area contributed by atoms with Crippen LogP contribution in [-0.4, -0.2) is 17.0 Å². The molecule has 184 valence electrons. The van der Waals surface area contributed by atoms with Gasteiger partial charge < -0.3 is 10.4 Å². The molecule has 2 aromatic carbocycles. The van der Waals surface area contributed by atoms with Gasteiger partial charge in [0.15, 0.2) is 0 Å². The molecule has 3 unspecified atom stereocenters. The van der Waals surface area contributed by atoms with Gasteiger partial charge >= 0.3 is 18.3 Å². The second kappa shape index (κ2) is 9.55. The Balaban J connectivity index is 1.87. The van der Waals surface area contributed by atoms with Crippen LogP contribution in [0.25, 0.3) is 0 Å². The molecule has 4 nitrogen and oxygen atoms in total. The normalized spacial score (nSPS) is 21.2. The molecule has 3 rings (SSSR count). The molecule has 34 heavy (non-hydrogen) atoms. The number of hydrogen-bond donors (Lipinski definition) is 2. The molecule has 0 spiro atoms. The van der Waals surface area contributed by atoms with Crippen molar-refractivity contribution >= 4 is 33.5 Å². The van der Waals surface area contributed by atoms with Crippen molar-refractivity contribution in [2.75, 3.05) is 5.32 Å². The monoisotopic (exact) mass is 555 g/mol. The largest absolute Gasteiger partial charge is 0.481 e. The predicted octanol–water partition coefficient (Wildman–Crippen LogP) is 6.85. The second-order valence-corrected chi connectivity index (χ2v) is 8.78. The summed E-state index contributed by atoms with van der Waals surface area (Å²) in [4.78, 5) is 24.9. The summed E-state index contributed by atoms with van der Waals surface area (Å²) in [7, 11) is 0. The fourth-order valence-electron chi connectivity index (χ4n) is 4.22. The summed E-state index contributed by atoms with van der Waals surface area (Å²) in [6.45, 7) is 0. The van der Waals surface area contributed by atoms with E-state index in [9.17, 15) is 45.4 Å². The van der Waals surface area contributed by atoms with Gasteiger partial charge in [0.1, 0.15) is 5.82 Å². The highest BCUT2D eigenvalue weighted by Gasteiger charge is 2.43. The molecule has 1 aliphatic carbocycles. The Morgan fingerprint density at radius 1 is 0.971 bits per heavy atom. The molecule has 0 saturated heterocycles. The molecule has 0 bridgehead atoms. The second-order valence-electron chi connectivity index (χ2n) is 7.93. The molecule has 1 amide bonds. The quantitative estimate of drug-likeness (QED) is 0.405. The van der Waals surface area contributed by atoms with Crippen LogP contribution in [0.3, 0.4) is 0 Å². The van der Waals surface area contributed by atoms with E-state index in [1.807, 2.05) is 0 Å². The first kappa shape index (κ1) is 26.0. The van der Waals surface area contributed by atoms with Gasteiger partial charge in [0.05, 0.1) is 28.7 Å². The first-order valence-electron chi connectivity index (χ1n) is 9.97. The van der Waals surface area contributed by atoms with Gasteiger partial charge in [0, 0.05) is 4.47 Å². The molecule has 2 N–H and O–H groups in total. The Hall–Kier alpha value is -2.63. The van der Waals surface area contributed by atoms with E-state index in [0.29, 0.717) is 12.5 Å². The lowest BCUT2D eigenvalue weighted by atomic mass is 9.69. The minimum absolute atomic E-state index is 0.101. The zero-order valence-electron chi connectivity index (χ0n) is 17.1. The maximum Gasteiger partial charge on any atom is 0.417 e. The third-order valence-corrected chi connectivity index (χ3v) is 6.46. The molecule has 0 radical (unpaired) electrons. The molecule has 0 aromatic heterocycles. The predicted molar refractivity (Wildman–Crippen MR) is 110 cm³/mol. The summed E-state index contributed by atoms with van der Waals surface area (Å²) >= 11 is 2.85. The summed E-state index contributed by atoms with van der Waals surface area (Å²) in [5.41, 5.74) is -2.45. The maximum absolute atomic E-state index is 14.2. The van der Waals surface area contributed by atoms with E-state index >= 15 is 0 Å². The van der Waals surface area contributed by atoms with Gasteiger partial charge in [-0.2, -0.15) is 26.3 Å². The minimum atomic E-state index is -4.79. The number of nitrogens with one attached hydrogen (secondary N) is 1. The highest BCUT2D eigenvalue weighted by molar-refractivity contribution is 9.10. The highest BCUT2D eigenvalue weighted by atomic mass is 79.9. The van der Waals surface area contributed by atoms with E-state index in [4.69, 9.17) is 0 Å². The Kier molecular flexibility index (Phi) is 7.30. The van der Waals surface area contributed by atoms with Gasteiger partial charge in [-0.1, -0.05) is 28.4 Å². The first-order valence-corrected chi connectivity index (χ1v) is 10.8. The van der Waals surface area contributed by atoms with Gasteiger partial charge in [0.25, 0.3) is 0 Å². The third-order valence-electron chi connectivity index (χ3n) is 5.80. The maximum atomic E-state index is 14.2. The Bertz CT molecular complexity index is 1100. The average Bonchev–Trinajstić information content (AvgIpc) is 2.72. The first-order chi connectivity index (χ1) is 15.7. The van der Waals surface area contributed by atoms with E-state index in [-0.39, 0.29) is 28.9 Å². The Morgan fingerprint density at radius 2 is 1.65 bits per heavy atom. The molecule has 3 atom stereocenters. The molecule has 1 saturated carbocycles. The number of aliphatic carboxylic acids is 1. The number of anilines is 1. The molecular formula is C22H17BrF7NO3. The molecule has 2 aromatic rings. The van der Waals surface area contributed by atoms with Crippen LogP contribution in [0.15, 0.2) is 40.9 Å². The van der Waals surface area contributed by atoms with E-state index < -0.39 is 64.6 Å². The van der Waals surface area contributed by atoms with E-state index in [1.165, 1.54) is 6.07 Å². The van der Waals surface area contributed by atoms with Crippen molar-refractivity contribution in [3.05, 3.63) is 63.4 Å². The fourth-order valence-corrected chi connectivity index (χ4v) is 4.84. The number of amides is 1. The van der Waals surface area contributed by atoms with Crippen molar-refractivity contribution in [3.63, 3.8) is 0 Å². The van der Waals surface area contributed by atoms with Gasteiger partial charge in [-0.05, 0) is 54.7 Å². The zero-order valence-corrected chi connectivity index (χ0v) is 18.7. The van der Waals surface area contributed by atoms with Crippen LogP contribution in [0.4, 0.5) is 36.4 Å². The van der Waals surface area contributed by atoms with Crippen LogP contribution in [0.2, 0.25) is 0 Å². The number of hydrogen-bond acceptors (Lipinski definition) is 2. The lowest BCUT2D eigenvalue weighted by molar-refractivity contribution is -0.149. The fraction of sp³-hybridized carbons (Fsp3) is 0.364. The summed E-state index contributed by atoms with van der Waals surface area (Å²) in [6, 6.07) is 4.67. The van der Waals surface area contributed by atoms with Gasteiger partial charge in [0.2, 0.25) is 5.91 Å². The van der Waals surface area contributed by atoms with Gasteiger partial charge in [-0.3, -0.25) is 9.59 Å². The van der Waals surface area contributed by atoms with Crippen molar-refractivity contribution in [2.45, 2.75) is 37.5 Å². The van der Waals surface area contributed by atoms with Crippen molar-refractivity contribution in [2.24, 2.45) is 11.8 Å². The summed E-state index contributed by atoms with van der Waals surface area (Å²) in [5.74, 6) is -6.93. The Labute approximate surface area is 197 Å². The van der Waals surface area contributed by atoms with Crippen molar-refractivity contribution < 1.29 is 45.4 Å². The highest BCUT2D eigenvalue weighted by Crippen LogP contribution is 2.44. The number of alkyl halides is 6.